The van der Waals surface area contributed by atoms with Crippen LogP contribution in [0.4, 0.5) is 5.69 Å². The van der Waals surface area contributed by atoms with Crippen LogP contribution in [0.1, 0.15) is 10.4 Å². The smallest absolute Gasteiger partial charge is 0.337 e. The molecule has 0 fully saturated rings. The summed E-state index contributed by atoms with van der Waals surface area (Å²) in [5.41, 5.74) is 5.72. The van der Waals surface area contributed by atoms with Crippen LogP contribution in [0.5, 0.6) is 5.75 Å². The average molecular weight is 238 g/mol. The van der Waals surface area contributed by atoms with Crippen LogP contribution >= 0.6 is 24.0 Å². The molecule has 0 unspecified atom stereocenters. The van der Waals surface area contributed by atoms with Crippen LogP contribution in [-0.4, -0.2) is 18.2 Å². The van der Waals surface area contributed by atoms with Crippen LogP contribution in [0, 0.1) is 0 Å². The van der Waals surface area contributed by atoms with Crippen LogP contribution in [0.2, 0.25) is 5.02 Å². The van der Waals surface area contributed by atoms with E-state index in [1.54, 1.807) is 0 Å². The summed E-state index contributed by atoms with van der Waals surface area (Å²) < 4.78 is 4.86. The Hall–Kier alpha value is -1.13. The van der Waals surface area contributed by atoms with Gasteiger partial charge in [0.25, 0.3) is 0 Å². The summed E-state index contributed by atoms with van der Waals surface area (Å²) >= 11 is 5.66. The summed E-state index contributed by atoms with van der Waals surface area (Å²) in [4.78, 5) is 10.6. The first kappa shape index (κ1) is 12.9. The Morgan fingerprint density at radius 3 is 2.57 bits per heavy atom. The molecule has 0 aliphatic rings. The van der Waals surface area contributed by atoms with Gasteiger partial charge in [-0.15, -0.1) is 12.4 Å². The van der Waals surface area contributed by atoms with E-state index in [0.29, 0.717) is 5.75 Å². The van der Waals surface area contributed by atoms with Crippen LogP contribution in [0.3, 0.4) is 0 Å². The number of benzene rings is 1. The predicted octanol–water partition coefficient (Wildman–Crippen LogP) is 2.05. The van der Waals surface area contributed by atoms with Crippen molar-refractivity contribution in [2.24, 2.45) is 0 Å². The van der Waals surface area contributed by atoms with Gasteiger partial charge in [0.05, 0.1) is 23.4 Å². The fraction of sp³-hybridized carbons (Fsp3) is 0.125. The molecule has 0 heterocycles. The Bertz CT molecular complexity index is 355. The van der Waals surface area contributed by atoms with Crippen molar-refractivity contribution in [3.63, 3.8) is 0 Å². The molecule has 4 nitrogen and oxygen atoms in total. The van der Waals surface area contributed by atoms with Crippen molar-refractivity contribution in [2.45, 2.75) is 0 Å². The zero-order valence-electron chi connectivity index (χ0n) is 7.28. The number of carboxylic acid groups (broad SMARTS) is 1. The lowest BCUT2D eigenvalue weighted by atomic mass is 10.2. The summed E-state index contributed by atoms with van der Waals surface area (Å²) in [6.45, 7) is 0. The van der Waals surface area contributed by atoms with Gasteiger partial charge in [0, 0.05) is 6.07 Å². The lowest BCUT2D eigenvalue weighted by molar-refractivity contribution is 0.0697. The van der Waals surface area contributed by atoms with Crippen molar-refractivity contribution in [3.8, 4) is 5.75 Å². The highest BCUT2D eigenvalue weighted by Gasteiger charge is 2.12. The zero-order valence-corrected chi connectivity index (χ0v) is 8.85. The maximum atomic E-state index is 10.6. The number of halogens is 2. The maximum Gasteiger partial charge on any atom is 0.337 e. The number of rotatable bonds is 2. The minimum Gasteiger partial charge on any atom is -0.495 e. The molecule has 1 aromatic carbocycles. The molecule has 0 aliphatic heterocycles. The Labute approximate surface area is 92.0 Å². The number of nitrogen functional groups attached to an aromatic ring is 1. The number of nitrogens with two attached hydrogens (primary N) is 1. The number of aromatic carboxylic acids is 1. The normalized spacial score (nSPS) is 9.00. The van der Waals surface area contributed by atoms with Crippen molar-refractivity contribution in [1.29, 1.82) is 0 Å². The number of anilines is 1. The number of hydrogen-bond donors (Lipinski definition) is 2. The van der Waals surface area contributed by atoms with Gasteiger partial charge in [-0.05, 0) is 6.07 Å². The standard InChI is InChI=1S/C8H8ClNO3.ClH/c1-13-7-3-5(9)4(8(11)12)2-6(7)10;/h2-3H,10H2,1H3,(H,11,12);1H. The van der Waals surface area contributed by atoms with E-state index >= 15 is 0 Å². The molecule has 0 atom stereocenters. The number of methoxy groups -OCH3 is 1. The summed E-state index contributed by atoms with van der Waals surface area (Å²) in [5.74, 6) is -0.741. The topological polar surface area (TPSA) is 72.5 Å². The molecule has 0 spiro atoms. The minimum atomic E-state index is -1.11. The lowest BCUT2D eigenvalue weighted by Crippen LogP contribution is -2.01. The number of carbonyl (C=O) groups is 1. The van der Waals surface area contributed by atoms with Crippen molar-refractivity contribution in [1.82, 2.24) is 0 Å². The van der Waals surface area contributed by atoms with Gasteiger partial charge in [0.15, 0.2) is 0 Å². The second-order valence-electron chi connectivity index (χ2n) is 2.38. The first-order valence-electron chi connectivity index (χ1n) is 3.42. The molecule has 0 bridgehead atoms. The van der Waals surface area contributed by atoms with Crippen molar-refractivity contribution in [3.05, 3.63) is 22.7 Å². The summed E-state index contributed by atoms with van der Waals surface area (Å²) in [5, 5.41) is 8.78. The van der Waals surface area contributed by atoms with Crippen LogP contribution in [0.15, 0.2) is 12.1 Å². The first-order valence-corrected chi connectivity index (χ1v) is 3.80. The molecule has 1 aromatic rings. The van der Waals surface area contributed by atoms with E-state index < -0.39 is 5.97 Å². The molecule has 14 heavy (non-hydrogen) atoms. The van der Waals surface area contributed by atoms with Gasteiger partial charge in [-0.25, -0.2) is 4.79 Å². The van der Waals surface area contributed by atoms with E-state index in [1.165, 1.54) is 19.2 Å². The van der Waals surface area contributed by atoms with Crippen molar-refractivity contribution in [2.75, 3.05) is 12.8 Å². The van der Waals surface area contributed by atoms with Crippen LogP contribution in [0.25, 0.3) is 0 Å². The van der Waals surface area contributed by atoms with Gasteiger partial charge in [0.1, 0.15) is 5.75 Å². The van der Waals surface area contributed by atoms with Gasteiger partial charge in [-0.1, -0.05) is 11.6 Å². The van der Waals surface area contributed by atoms with E-state index in [0.717, 1.165) is 0 Å². The molecular formula is C8H9Cl2NO3. The second kappa shape index (κ2) is 4.93. The fourth-order valence-corrected chi connectivity index (χ4v) is 1.15. The predicted molar refractivity (Wildman–Crippen MR) is 56.6 cm³/mol. The quantitative estimate of drug-likeness (QED) is 0.773. The Morgan fingerprint density at radius 2 is 2.14 bits per heavy atom. The molecule has 78 valence electrons. The molecule has 6 heteroatoms. The fourth-order valence-electron chi connectivity index (χ4n) is 0.912. The van der Waals surface area contributed by atoms with E-state index in [2.05, 4.69) is 0 Å². The number of carboxylic acids is 1. The van der Waals surface area contributed by atoms with Gasteiger partial charge in [-0.3, -0.25) is 0 Å². The van der Waals surface area contributed by atoms with Crippen molar-refractivity contribution >= 4 is 35.7 Å². The monoisotopic (exact) mass is 237 g/mol. The Balaban J connectivity index is 0.00000169. The van der Waals surface area contributed by atoms with Gasteiger partial charge in [-0.2, -0.15) is 0 Å². The molecule has 0 aliphatic carbocycles. The Kier molecular flexibility index (Phi) is 4.53. The molecule has 0 saturated heterocycles. The molecule has 3 N–H and O–H groups in total. The minimum absolute atomic E-state index is 0. The average Bonchev–Trinajstić information content (AvgIpc) is 2.07. The van der Waals surface area contributed by atoms with Gasteiger partial charge >= 0.3 is 5.97 Å². The number of ether oxygens (including phenoxy) is 1. The van der Waals surface area contributed by atoms with E-state index in [4.69, 9.17) is 27.2 Å². The molecule has 0 saturated carbocycles. The molecular weight excluding hydrogens is 229 g/mol. The summed E-state index contributed by atoms with van der Waals surface area (Å²) in [7, 11) is 1.43. The Morgan fingerprint density at radius 1 is 1.57 bits per heavy atom. The largest absolute Gasteiger partial charge is 0.495 e. The van der Waals surface area contributed by atoms with E-state index in [-0.39, 0.29) is 28.7 Å². The lowest BCUT2D eigenvalue weighted by Gasteiger charge is -2.06. The van der Waals surface area contributed by atoms with Crippen molar-refractivity contribution < 1.29 is 14.6 Å². The van der Waals surface area contributed by atoms with E-state index in [9.17, 15) is 4.79 Å². The highest BCUT2D eigenvalue weighted by molar-refractivity contribution is 6.33. The zero-order chi connectivity index (χ0) is 10.0. The summed E-state index contributed by atoms with van der Waals surface area (Å²) in [6, 6.07) is 2.64. The maximum absolute atomic E-state index is 10.6. The van der Waals surface area contributed by atoms with Gasteiger partial charge < -0.3 is 15.6 Å². The molecule has 0 amide bonds. The highest BCUT2D eigenvalue weighted by Crippen LogP contribution is 2.28. The first-order chi connectivity index (χ1) is 6.06. The van der Waals surface area contributed by atoms with Crippen LogP contribution in [-0.2, 0) is 0 Å². The second-order valence-corrected chi connectivity index (χ2v) is 2.79. The number of hydrogen-bond acceptors (Lipinski definition) is 3. The molecule has 0 aromatic heterocycles. The van der Waals surface area contributed by atoms with E-state index in [1.807, 2.05) is 0 Å². The third-order valence-corrected chi connectivity index (χ3v) is 1.86. The molecule has 1 rings (SSSR count). The van der Waals surface area contributed by atoms with Gasteiger partial charge in [0.2, 0.25) is 0 Å². The molecule has 0 radical (unpaired) electrons. The SMILES string of the molecule is COc1cc(Cl)c(C(=O)O)cc1N.Cl. The third-order valence-electron chi connectivity index (χ3n) is 1.55. The summed E-state index contributed by atoms with van der Waals surface area (Å²) in [6.07, 6.45) is 0. The third kappa shape index (κ3) is 2.43. The highest BCUT2D eigenvalue weighted by atomic mass is 35.5. The van der Waals surface area contributed by atoms with Crippen LogP contribution < -0.4 is 10.5 Å².